The zero-order chi connectivity index (χ0) is 13.9. The number of rotatable bonds is 3. The first-order chi connectivity index (χ1) is 9.70. The number of aryl methyl sites for hydroxylation is 1. The van der Waals surface area contributed by atoms with Crippen molar-refractivity contribution >= 4 is 5.78 Å². The maximum Gasteiger partial charge on any atom is 0.158 e. The van der Waals surface area contributed by atoms with Crippen molar-refractivity contribution in [1.29, 1.82) is 5.26 Å². The lowest BCUT2D eigenvalue weighted by Crippen LogP contribution is -2.17. The fourth-order valence-electron chi connectivity index (χ4n) is 5.05. The normalized spacial score (nSPS) is 38.1. The van der Waals surface area contributed by atoms with Crippen LogP contribution in [0.25, 0.3) is 0 Å². The zero-order valence-corrected chi connectivity index (χ0v) is 11.8. The molecule has 0 aromatic heterocycles. The molecule has 3 saturated carbocycles. The summed E-state index contributed by atoms with van der Waals surface area (Å²) in [5, 5.41) is 9.46. The molecule has 3 aliphatic carbocycles. The van der Waals surface area contributed by atoms with Gasteiger partial charge in [0, 0.05) is 5.92 Å². The summed E-state index contributed by atoms with van der Waals surface area (Å²) in [6.07, 6.45) is 3.98. The maximum absolute atomic E-state index is 12.8. The molecule has 0 heterocycles. The molecule has 0 spiro atoms. The van der Waals surface area contributed by atoms with Gasteiger partial charge in [0.25, 0.3) is 0 Å². The lowest BCUT2D eigenvalue weighted by molar-refractivity contribution is -0.121. The second-order valence-corrected chi connectivity index (χ2v) is 6.89. The summed E-state index contributed by atoms with van der Waals surface area (Å²) in [6.45, 7) is 2.01. The van der Waals surface area contributed by atoms with Crippen LogP contribution in [0.4, 0.5) is 0 Å². The third-order valence-electron chi connectivity index (χ3n) is 5.85. The van der Waals surface area contributed by atoms with Crippen LogP contribution in [-0.4, -0.2) is 5.78 Å². The molecular weight excluding hydrogens is 246 g/mol. The predicted octanol–water partition coefficient (Wildman–Crippen LogP) is 3.46. The van der Waals surface area contributed by atoms with Gasteiger partial charge >= 0.3 is 0 Å². The number of ketones is 1. The van der Waals surface area contributed by atoms with Crippen LogP contribution < -0.4 is 0 Å². The minimum Gasteiger partial charge on any atom is -0.298 e. The first-order valence-corrected chi connectivity index (χ1v) is 7.70. The van der Waals surface area contributed by atoms with E-state index in [-0.39, 0.29) is 11.7 Å². The van der Waals surface area contributed by atoms with Crippen LogP contribution in [0, 0.1) is 47.8 Å². The third kappa shape index (κ3) is 1.59. The molecular formula is C18H19NO. The number of carbonyl (C=O) groups is 1. The number of nitriles is 1. The van der Waals surface area contributed by atoms with Gasteiger partial charge in [-0.15, -0.1) is 0 Å². The summed E-state index contributed by atoms with van der Waals surface area (Å²) < 4.78 is 0. The monoisotopic (exact) mass is 265 g/mol. The summed E-state index contributed by atoms with van der Waals surface area (Å²) in [6, 6.07) is 10.1. The number of hydrogen-bond acceptors (Lipinski definition) is 2. The second kappa shape index (κ2) is 4.19. The topological polar surface area (TPSA) is 40.9 Å². The van der Waals surface area contributed by atoms with Crippen molar-refractivity contribution < 1.29 is 4.79 Å². The number of benzene rings is 1. The molecule has 3 aliphatic rings. The van der Waals surface area contributed by atoms with Crippen molar-refractivity contribution in [3.05, 3.63) is 35.4 Å². The lowest BCUT2D eigenvalue weighted by atomic mass is 9.88. The Labute approximate surface area is 119 Å². The van der Waals surface area contributed by atoms with E-state index in [1.165, 1.54) is 19.3 Å². The molecule has 2 bridgehead atoms. The van der Waals surface area contributed by atoms with E-state index < -0.39 is 5.92 Å². The van der Waals surface area contributed by atoms with Crippen molar-refractivity contribution in [3.8, 4) is 6.07 Å². The minimum atomic E-state index is -0.551. The van der Waals surface area contributed by atoms with E-state index in [2.05, 4.69) is 6.07 Å². The molecule has 0 N–H and O–H groups in total. The highest BCUT2D eigenvalue weighted by atomic mass is 16.1. The molecule has 20 heavy (non-hydrogen) atoms. The Morgan fingerprint density at radius 2 is 2.00 bits per heavy atom. The fraction of sp³-hybridized carbons (Fsp3) is 0.556. The minimum absolute atomic E-state index is 0.199. The number of Topliss-reactive ketones (excluding diaryl/α,β-unsaturated/α-hetero) is 1. The number of hydrogen-bond donors (Lipinski definition) is 0. The van der Waals surface area contributed by atoms with Crippen molar-refractivity contribution in [2.45, 2.75) is 32.1 Å². The number of fused-ring (bicyclic) bond motifs is 5. The van der Waals surface area contributed by atoms with Crippen molar-refractivity contribution in [3.63, 3.8) is 0 Å². The van der Waals surface area contributed by atoms with Gasteiger partial charge in [0.15, 0.2) is 5.78 Å². The quantitative estimate of drug-likeness (QED) is 0.839. The zero-order valence-electron chi connectivity index (χ0n) is 11.8. The highest BCUT2D eigenvalue weighted by Crippen LogP contribution is 2.70. The van der Waals surface area contributed by atoms with Crippen LogP contribution in [0.1, 0.15) is 36.3 Å². The highest BCUT2D eigenvalue weighted by molar-refractivity contribution is 5.93. The molecule has 5 atom stereocenters. The van der Waals surface area contributed by atoms with Crippen LogP contribution >= 0.6 is 0 Å². The lowest BCUT2D eigenvalue weighted by Gasteiger charge is -2.12. The molecule has 5 unspecified atom stereocenters. The molecule has 2 nitrogen and oxygen atoms in total. The smallest absolute Gasteiger partial charge is 0.158 e. The van der Waals surface area contributed by atoms with E-state index in [1.807, 2.05) is 31.2 Å². The Morgan fingerprint density at radius 3 is 2.60 bits per heavy atom. The van der Waals surface area contributed by atoms with E-state index in [1.54, 1.807) is 0 Å². The van der Waals surface area contributed by atoms with Gasteiger partial charge in [0.2, 0.25) is 0 Å². The van der Waals surface area contributed by atoms with Crippen LogP contribution in [0.2, 0.25) is 0 Å². The van der Waals surface area contributed by atoms with Crippen LogP contribution in [-0.2, 0) is 4.79 Å². The Bertz CT molecular complexity index is 598. The van der Waals surface area contributed by atoms with E-state index >= 15 is 0 Å². The van der Waals surface area contributed by atoms with Gasteiger partial charge in [-0.05, 0) is 55.4 Å². The Hall–Kier alpha value is -1.62. The fourth-order valence-corrected chi connectivity index (χ4v) is 5.05. The van der Waals surface area contributed by atoms with Gasteiger partial charge in [0.05, 0.1) is 6.07 Å². The summed E-state index contributed by atoms with van der Waals surface area (Å²) in [4.78, 5) is 12.8. The predicted molar refractivity (Wildman–Crippen MR) is 75.8 cm³/mol. The average molecular weight is 265 g/mol. The SMILES string of the molecule is Cc1cccc(C(C#N)C(=O)C2C3C4CCC(C4)C23)c1. The molecule has 102 valence electrons. The van der Waals surface area contributed by atoms with E-state index in [0.717, 1.165) is 23.0 Å². The second-order valence-electron chi connectivity index (χ2n) is 6.89. The number of carbonyl (C=O) groups excluding carboxylic acids is 1. The van der Waals surface area contributed by atoms with E-state index in [0.29, 0.717) is 11.8 Å². The van der Waals surface area contributed by atoms with Gasteiger partial charge in [-0.2, -0.15) is 5.26 Å². The van der Waals surface area contributed by atoms with Crippen molar-refractivity contribution in [1.82, 2.24) is 0 Å². The van der Waals surface area contributed by atoms with Crippen molar-refractivity contribution in [2.75, 3.05) is 0 Å². The number of nitrogens with zero attached hydrogens (tertiary/aromatic N) is 1. The molecule has 1 aromatic carbocycles. The molecule has 0 aliphatic heterocycles. The van der Waals surface area contributed by atoms with Crippen molar-refractivity contribution in [2.24, 2.45) is 29.6 Å². The standard InChI is InChI=1S/C18H19NO/c1-10-3-2-4-11(7-10)14(9-19)18(20)17-15-12-5-6-13(8-12)16(15)17/h2-4,7,12-17H,5-6,8H2,1H3. The Balaban J connectivity index is 1.58. The summed E-state index contributed by atoms with van der Waals surface area (Å²) in [7, 11) is 0. The van der Waals surface area contributed by atoms with Gasteiger partial charge in [-0.1, -0.05) is 29.8 Å². The average Bonchev–Trinajstić information content (AvgIpc) is 2.88. The Morgan fingerprint density at radius 1 is 1.30 bits per heavy atom. The molecule has 0 amide bonds. The van der Waals surface area contributed by atoms with Crippen LogP contribution in [0.15, 0.2) is 24.3 Å². The van der Waals surface area contributed by atoms with Gasteiger partial charge in [-0.25, -0.2) is 0 Å². The largest absolute Gasteiger partial charge is 0.298 e. The summed E-state index contributed by atoms with van der Waals surface area (Å²) in [5.74, 6) is 2.68. The van der Waals surface area contributed by atoms with E-state index in [9.17, 15) is 10.1 Å². The van der Waals surface area contributed by atoms with Gasteiger partial charge in [0.1, 0.15) is 5.92 Å². The highest BCUT2D eigenvalue weighted by Gasteiger charge is 2.67. The molecule has 0 saturated heterocycles. The van der Waals surface area contributed by atoms with Crippen LogP contribution in [0.5, 0.6) is 0 Å². The summed E-state index contributed by atoms with van der Waals surface area (Å²) in [5.41, 5.74) is 2.00. The molecule has 1 aromatic rings. The first-order valence-electron chi connectivity index (χ1n) is 7.70. The summed E-state index contributed by atoms with van der Waals surface area (Å²) >= 11 is 0. The third-order valence-corrected chi connectivity index (χ3v) is 5.85. The van der Waals surface area contributed by atoms with Gasteiger partial charge in [-0.3, -0.25) is 4.79 Å². The maximum atomic E-state index is 12.8. The molecule has 4 rings (SSSR count). The van der Waals surface area contributed by atoms with Gasteiger partial charge < -0.3 is 0 Å². The molecule has 3 fully saturated rings. The molecule has 2 heteroatoms. The van der Waals surface area contributed by atoms with Crippen LogP contribution in [0.3, 0.4) is 0 Å². The first kappa shape index (κ1) is 12.1. The van der Waals surface area contributed by atoms with E-state index in [4.69, 9.17) is 0 Å². The molecule has 0 radical (unpaired) electrons. The Kier molecular flexibility index (Phi) is 2.54.